The van der Waals surface area contributed by atoms with Gasteiger partial charge in [0, 0.05) is 11.4 Å². The lowest BCUT2D eigenvalue weighted by molar-refractivity contribution is -0.130. The molecule has 1 unspecified atom stereocenters. The van der Waals surface area contributed by atoms with E-state index in [0.717, 1.165) is 4.90 Å². The maximum absolute atomic E-state index is 13.1. The van der Waals surface area contributed by atoms with Crippen molar-refractivity contribution in [2.75, 3.05) is 16.8 Å². The van der Waals surface area contributed by atoms with Crippen molar-refractivity contribution in [2.45, 2.75) is 13.0 Å². The number of nitriles is 1. The van der Waals surface area contributed by atoms with Crippen molar-refractivity contribution in [3.8, 4) is 6.07 Å². The van der Waals surface area contributed by atoms with E-state index in [0.29, 0.717) is 16.9 Å². The summed E-state index contributed by atoms with van der Waals surface area (Å²) in [4.78, 5) is 39.3. The molecule has 7 nitrogen and oxygen atoms in total. The number of nitrogens with one attached hydrogen (secondary N) is 1. The van der Waals surface area contributed by atoms with Crippen LogP contribution >= 0.6 is 0 Å². The molecule has 1 saturated heterocycles. The molecular weight excluding hydrogens is 351 g/mol. The molecule has 1 aliphatic rings. The zero-order valence-corrected chi connectivity index (χ0v) is 14.3. The Hall–Kier alpha value is -3.73. The van der Waals surface area contributed by atoms with E-state index in [9.17, 15) is 18.8 Å². The number of hydrogen-bond donors (Lipinski definition) is 1. The lowest BCUT2D eigenvalue weighted by Gasteiger charge is -2.19. The predicted octanol–water partition coefficient (Wildman–Crippen LogP) is 2.49. The van der Waals surface area contributed by atoms with Crippen molar-refractivity contribution in [3.63, 3.8) is 0 Å². The van der Waals surface area contributed by atoms with Gasteiger partial charge in [-0.15, -0.1) is 0 Å². The van der Waals surface area contributed by atoms with Crippen molar-refractivity contribution < 1.29 is 18.8 Å². The van der Waals surface area contributed by atoms with E-state index in [2.05, 4.69) is 5.32 Å². The van der Waals surface area contributed by atoms with Crippen LogP contribution in [0.4, 0.5) is 20.6 Å². The number of anilines is 2. The number of imide groups is 1. The van der Waals surface area contributed by atoms with Gasteiger partial charge >= 0.3 is 6.03 Å². The summed E-state index contributed by atoms with van der Waals surface area (Å²) in [6, 6.07) is 12.0. The molecule has 8 heteroatoms. The first-order chi connectivity index (χ1) is 12.9. The molecule has 4 amide bonds. The molecule has 0 aliphatic carbocycles. The minimum Gasteiger partial charge on any atom is -0.324 e. The van der Waals surface area contributed by atoms with Crippen molar-refractivity contribution in [3.05, 3.63) is 59.9 Å². The summed E-state index contributed by atoms with van der Waals surface area (Å²) in [5.74, 6) is -1.55. The van der Waals surface area contributed by atoms with Gasteiger partial charge in [-0.3, -0.25) is 19.4 Å². The Morgan fingerprint density at radius 3 is 2.59 bits per heavy atom. The molecular formula is C19H15FN4O3. The Morgan fingerprint density at radius 2 is 1.93 bits per heavy atom. The molecule has 3 rings (SSSR count). The number of rotatable bonds is 4. The van der Waals surface area contributed by atoms with Crippen LogP contribution in [-0.4, -0.2) is 35.3 Å². The van der Waals surface area contributed by atoms with Crippen LogP contribution < -0.4 is 10.2 Å². The van der Waals surface area contributed by atoms with E-state index < -0.39 is 36.2 Å². The second-order valence-electron chi connectivity index (χ2n) is 5.97. The molecule has 2 aromatic rings. The zero-order valence-electron chi connectivity index (χ0n) is 14.3. The fourth-order valence-electron chi connectivity index (χ4n) is 2.82. The van der Waals surface area contributed by atoms with Gasteiger partial charge in [0.05, 0.1) is 11.6 Å². The van der Waals surface area contributed by atoms with E-state index in [4.69, 9.17) is 5.26 Å². The summed E-state index contributed by atoms with van der Waals surface area (Å²) in [6.45, 7) is 1.08. The zero-order chi connectivity index (χ0) is 19.6. The molecule has 27 heavy (non-hydrogen) atoms. The third-order valence-electron chi connectivity index (χ3n) is 4.13. The van der Waals surface area contributed by atoms with Crippen LogP contribution in [0.1, 0.15) is 12.5 Å². The molecule has 0 spiro atoms. The summed E-state index contributed by atoms with van der Waals surface area (Å²) < 4.78 is 13.1. The summed E-state index contributed by atoms with van der Waals surface area (Å²) in [6.07, 6.45) is 0. The van der Waals surface area contributed by atoms with Gasteiger partial charge < -0.3 is 5.32 Å². The smallest absolute Gasteiger partial charge is 0.324 e. The molecule has 1 fully saturated rings. The molecule has 1 atom stereocenters. The first kappa shape index (κ1) is 18.1. The molecule has 136 valence electrons. The Morgan fingerprint density at radius 1 is 1.22 bits per heavy atom. The number of nitrogens with zero attached hydrogens (tertiary/aromatic N) is 3. The Labute approximate surface area is 154 Å². The Bertz CT molecular complexity index is 952. The van der Waals surface area contributed by atoms with Crippen LogP contribution in [0.3, 0.4) is 0 Å². The number of carbonyl (C=O) groups excluding carboxylic acids is 3. The molecule has 2 aromatic carbocycles. The monoisotopic (exact) mass is 366 g/mol. The molecule has 0 radical (unpaired) electrons. The third-order valence-corrected chi connectivity index (χ3v) is 4.13. The second kappa shape index (κ2) is 7.25. The fraction of sp³-hybridized carbons (Fsp3) is 0.158. The highest BCUT2D eigenvalue weighted by Crippen LogP contribution is 2.26. The number of amides is 4. The van der Waals surface area contributed by atoms with Crippen LogP contribution in [-0.2, 0) is 9.59 Å². The number of hydrogen-bond acceptors (Lipinski definition) is 4. The number of benzene rings is 2. The van der Waals surface area contributed by atoms with Gasteiger partial charge in [0.15, 0.2) is 0 Å². The maximum atomic E-state index is 13.1. The molecule has 0 bridgehead atoms. The van der Waals surface area contributed by atoms with Crippen molar-refractivity contribution in [1.29, 1.82) is 5.26 Å². The standard InChI is InChI=1S/C19H15FN4O3/c1-12-18(26)23(19(27)24(12)16-7-5-14(20)6-8-16)11-17(25)22-15-4-2-3-13(9-15)10-21/h2-9,12H,11H2,1H3,(H,22,25). The van der Waals surface area contributed by atoms with Gasteiger partial charge in [-0.1, -0.05) is 6.07 Å². The van der Waals surface area contributed by atoms with Crippen LogP contribution in [0.15, 0.2) is 48.5 Å². The molecule has 1 N–H and O–H groups in total. The average Bonchev–Trinajstić information content (AvgIpc) is 2.86. The Balaban J connectivity index is 1.73. The molecule has 1 heterocycles. The SMILES string of the molecule is CC1C(=O)N(CC(=O)Nc2cccc(C#N)c2)C(=O)N1c1ccc(F)cc1. The molecule has 0 saturated carbocycles. The van der Waals surface area contributed by atoms with E-state index >= 15 is 0 Å². The largest absolute Gasteiger partial charge is 0.332 e. The van der Waals surface area contributed by atoms with Gasteiger partial charge in [-0.05, 0) is 49.4 Å². The van der Waals surface area contributed by atoms with Crippen LogP contribution in [0, 0.1) is 17.1 Å². The van der Waals surface area contributed by atoms with E-state index in [1.54, 1.807) is 18.2 Å². The normalized spacial score (nSPS) is 16.4. The van der Waals surface area contributed by atoms with Crippen LogP contribution in [0.25, 0.3) is 0 Å². The van der Waals surface area contributed by atoms with Crippen LogP contribution in [0.5, 0.6) is 0 Å². The van der Waals surface area contributed by atoms with E-state index in [1.807, 2.05) is 6.07 Å². The highest BCUT2D eigenvalue weighted by atomic mass is 19.1. The lowest BCUT2D eigenvalue weighted by Crippen LogP contribution is -2.39. The highest BCUT2D eigenvalue weighted by Gasteiger charge is 2.44. The Kier molecular flexibility index (Phi) is 4.86. The summed E-state index contributed by atoms with van der Waals surface area (Å²) >= 11 is 0. The first-order valence-corrected chi connectivity index (χ1v) is 8.11. The van der Waals surface area contributed by atoms with E-state index in [1.165, 1.54) is 42.2 Å². The van der Waals surface area contributed by atoms with Gasteiger partial charge in [0.2, 0.25) is 5.91 Å². The van der Waals surface area contributed by atoms with Gasteiger partial charge in [-0.25, -0.2) is 9.18 Å². The van der Waals surface area contributed by atoms with Gasteiger partial charge in [0.1, 0.15) is 18.4 Å². The topological polar surface area (TPSA) is 93.5 Å². The third kappa shape index (κ3) is 3.62. The highest BCUT2D eigenvalue weighted by molar-refractivity contribution is 6.16. The minimum absolute atomic E-state index is 0.367. The second-order valence-corrected chi connectivity index (χ2v) is 5.97. The van der Waals surface area contributed by atoms with Crippen molar-refractivity contribution in [2.24, 2.45) is 0 Å². The number of halogens is 1. The van der Waals surface area contributed by atoms with Gasteiger partial charge in [0.25, 0.3) is 5.91 Å². The fourth-order valence-corrected chi connectivity index (χ4v) is 2.82. The first-order valence-electron chi connectivity index (χ1n) is 8.11. The van der Waals surface area contributed by atoms with Crippen molar-refractivity contribution >= 4 is 29.2 Å². The van der Waals surface area contributed by atoms with Crippen LogP contribution in [0.2, 0.25) is 0 Å². The number of carbonyl (C=O) groups is 3. The summed E-state index contributed by atoms with van der Waals surface area (Å²) in [7, 11) is 0. The minimum atomic E-state index is -0.808. The molecule has 1 aliphatic heterocycles. The number of urea groups is 1. The molecule has 0 aromatic heterocycles. The van der Waals surface area contributed by atoms with Gasteiger partial charge in [-0.2, -0.15) is 5.26 Å². The average molecular weight is 366 g/mol. The summed E-state index contributed by atoms with van der Waals surface area (Å²) in [5, 5.41) is 11.4. The van der Waals surface area contributed by atoms with Crippen molar-refractivity contribution in [1.82, 2.24) is 4.90 Å². The van der Waals surface area contributed by atoms with E-state index in [-0.39, 0.29) is 0 Å². The summed E-state index contributed by atoms with van der Waals surface area (Å²) in [5.41, 5.74) is 1.13. The lowest BCUT2D eigenvalue weighted by atomic mass is 10.2. The maximum Gasteiger partial charge on any atom is 0.332 e. The predicted molar refractivity (Wildman–Crippen MR) is 95.2 cm³/mol. The quantitative estimate of drug-likeness (QED) is 0.842.